The number of furan rings is 1. The van der Waals surface area contributed by atoms with Gasteiger partial charge in [-0.15, -0.1) is 5.10 Å². The van der Waals surface area contributed by atoms with Crippen LogP contribution in [0.1, 0.15) is 21.5 Å². The van der Waals surface area contributed by atoms with Crippen molar-refractivity contribution in [2.45, 2.75) is 13.0 Å². The van der Waals surface area contributed by atoms with E-state index in [2.05, 4.69) is 10.1 Å². The number of rotatable bonds is 9. The fourth-order valence-corrected chi connectivity index (χ4v) is 4.94. The van der Waals surface area contributed by atoms with E-state index in [1.807, 2.05) is 36.4 Å². The average Bonchev–Trinajstić information content (AvgIpc) is 3.65. The molecule has 0 amide bonds. The molecule has 0 aliphatic rings. The standard InChI is InChI=1S/C29H22FN3O5S/c1-35-21-12-25(22-14-27(38-26(22)13-21)23-15-33-28(31-23)39-29(32-33)36-2)37-16-18-5-3-4-17(10-18)11-24(34)19-6-8-20(30)9-7-19/h3-10,12-15H,11,16H2,1-2H3. The largest absolute Gasteiger partial charge is 0.496 e. The van der Waals surface area contributed by atoms with Crippen LogP contribution in [0.5, 0.6) is 16.7 Å². The molecule has 0 aliphatic carbocycles. The summed E-state index contributed by atoms with van der Waals surface area (Å²) in [7, 11) is 3.15. The molecule has 0 aliphatic heterocycles. The molecule has 3 aromatic carbocycles. The molecule has 8 nitrogen and oxygen atoms in total. The van der Waals surface area contributed by atoms with Crippen molar-refractivity contribution in [2.24, 2.45) is 0 Å². The highest BCUT2D eigenvalue weighted by molar-refractivity contribution is 7.18. The van der Waals surface area contributed by atoms with E-state index in [1.54, 1.807) is 31.0 Å². The van der Waals surface area contributed by atoms with Crippen LogP contribution in [0.15, 0.2) is 77.3 Å². The van der Waals surface area contributed by atoms with Gasteiger partial charge in [0.25, 0.3) is 5.19 Å². The van der Waals surface area contributed by atoms with Crippen LogP contribution >= 0.6 is 11.3 Å². The van der Waals surface area contributed by atoms with Gasteiger partial charge in [0.05, 0.1) is 25.8 Å². The summed E-state index contributed by atoms with van der Waals surface area (Å²) in [4.78, 5) is 17.9. The minimum absolute atomic E-state index is 0.0821. The van der Waals surface area contributed by atoms with Gasteiger partial charge < -0.3 is 18.6 Å². The Morgan fingerprint density at radius 3 is 2.62 bits per heavy atom. The second-order valence-electron chi connectivity index (χ2n) is 8.79. The number of methoxy groups -OCH3 is 2. The molecule has 0 radical (unpaired) electrons. The number of imidazole rings is 1. The van der Waals surface area contributed by atoms with Crippen molar-refractivity contribution >= 4 is 33.1 Å². The molecule has 3 heterocycles. The van der Waals surface area contributed by atoms with Gasteiger partial charge in [-0.1, -0.05) is 24.3 Å². The first kappa shape index (κ1) is 24.6. The molecular formula is C29H22FN3O5S. The van der Waals surface area contributed by atoms with E-state index >= 15 is 0 Å². The average molecular weight is 544 g/mol. The summed E-state index contributed by atoms with van der Waals surface area (Å²) in [6.45, 7) is 0.269. The molecule has 196 valence electrons. The molecule has 0 N–H and O–H groups in total. The van der Waals surface area contributed by atoms with Gasteiger partial charge in [-0.05, 0) is 52.8 Å². The predicted molar refractivity (Wildman–Crippen MR) is 144 cm³/mol. The second-order valence-corrected chi connectivity index (χ2v) is 9.71. The summed E-state index contributed by atoms with van der Waals surface area (Å²) in [5.41, 5.74) is 3.45. The first-order valence-electron chi connectivity index (χ1n) is 12.0. The topological polar surface area (TPSA) is 88.1 Å². The van der Waals surface area contributed by atoms with Gasteiger partial charge in [-0.2, -0.15) is 0 Å². The van der Waals surface area contributed by atoms with Gasteiger partial charge in [-0.3, -0.25) is 4.79 Å². The van der Waals surface area contributed by atoms with Gasteiger partial charge >= 0.3 is 0 Å². The summed E-state index contributed by atoms with van der Waals surface area (Å²) in [5, 5.41) is 5.61. The second kappa shape index (κ2) is 10.2. The Morgan fingerprint density at radius 1 is 1.03 bits per heavy atom. The van der Waals surface area contributed by atoms with Gasteiger partial charge in [-0.25, -0.2) is 13.9 Å². The molecule has 6 rings (SSSR count). The maximum absolute atomic E-state index is 13.2. The molecule has 0 unspecified atom stereocenters. The first-order chi connectivity index (χ1) is 19.0. The van der Waals surface area contributed by atoms with Crippen LogP contribution < -0.4 is 14.2 Å². The third kappa shape index (κ3) is 5.06. The van der Waals surface area contributed by atoms with E-state index in [4.69, 9.17) is 18.6 Å². The van der Waals surface area contributed by atoms with E-state index < -0.39 is 0 Å². The number of carbonyl (C=O) groups is 1. The van der Waals surface area contributed by atoms with E-state index in [-0.39, 0.29) is 24.6 Å². The van der Waals surface area contributed by atoms with Gasteiger partial charge in [0.15, 0.2) is 11.5 Å². The Balaban J connectivity index is 1.23. The lowest BCUT2D eigenvalue weighted by Gasteiger charge is -2.10. The SMILES string of the molecule is COc1cc(OCc2cccc(CC(=O)c3ccc(F)cc3)c2)c2cc(-c3cn4nc(OC)sc4n3)oc2c1. The lowest BCUT2D eigenvalue weighted by Crippen LogP contribution is -2.04. The smallest absolute Gasteiger partial charge is 0.294 e. The third-order valence-corrected chi connectivity index (χ3v) is 7.06. The summed E-state index contributed by atoms with van der Waals surface area (Å²) in [6.07, 6.45) is 1.99. The van der Waals surface area contributed by atoms with Crippen molar-refractivity contribution in [1.82, 2.24) is 14.6 Å². The summed E-state index contributed by atoms with van der Waals surface area (Å²) >= 11 is 1.33. The number of ether oxygens (including phenoxy) is 3. The van der Waals surface area contributed by atoms with Crippen LogP contribution in [0.3, 0.4) is 0 Å². The predicted octanol–water partition coefficient (Wildman–Crippen LogP) is 6.36. The van der Waals surface area contributed by atoms with Crippen molar-refractivity contribution in [2.75, 3.05) is 14.2 Å². The first-order valence-corrected chi connectivity index (χ1v) is 12.8. The van der Waals surface area contributed by atoms with Crippen LogP contribution in [0.25, 0.3) is 27.4 Å². The summed E-state index contributed by atoms with van der Waals surface area (Å²) in [5.74, 6) is 1.30. The Morgan fingerprint density at radius 2 is 1.85 bits per heavy atom. The molecule has 0 saturated heterocycles. The van der Waals surface area contributed by atoms with Crippen LogP contribution in [0, 0.1) is 5.82 Å². The molecule has 39 heavy (non-hydrogen) atoms. The molecule has 0 spiro atoms. The number of hydrogen-bond donors (Lipinski definition) is 0. The van der Waals surface area contributed by atoms with Crippen molar-refractivity contribution in [3.05, 3.63) is 95.4 Å². The Kier molecular flexibility index (Phi) is 6.45. The Hall–Kier alpha value is -4.70. The fourth-order valence-electron chi connectivity index (χ4n) is 4.24. The summed E-state index contributed by atoms with van der Waals surface area (Å²) < 4.78 is 37.8. The molecule has 0 fully saturated rings. The number of Topliss-reactive ketones (excluding diaryl/α,β-unsaturated/α-hetero) is 1. The zero-order valence-corrected chi connectivity index (χ0v) is 21.8. The molecule has 3 aromatic heterocycles. The minimum Gasteiger partial charge on any atom is -0.496 e. The zero-order valence-electron chi connectivity index (χ0n) is 21.0. The zero-order chi connectivity index (χ0) is 26.9. The molecule has 10 heteroatoms. The number of hydrogen-bond acceptors (Lipinski definition) is 8. The third-order valence-electron chi connectivity index (χ3n) is 6.18. The number of ketones is 1. The maximum Gasteiger partial charge on any atom is 0.294 e. The maximum atomic E-state index is 13.2. The highest BCUT2D eigenvalue weighted by Crippen LogP contribution is 2.37. The Bertz CT molecular complexity index is 1770. The van der Waals surface area contributed by atoms with E-state index in [0.717, 1.165) is 16.5 Å². The lowest BCUT2D eigenvalue weighted by molar-refractivity contribution is 0.0993. The van der Waals surface area contributed by atoms with Crippen molar-refractivity contribution in [3.8, 4) is 28.1 Å². The quantitative estimate of drug-likeness (QED) is 0.196. The molecule has 0 bridgehead atoms. The van der Waals surface area contributed by atoms with Gasteiger partial charge in [0.2, 0.25) is 4.96 Å². The number of halogens is 1. The van der Waals surface area contributed by atoms with E-state index in [9.17, 15) is 9.18 Å². The van der Waals surface area contributed by atoms with Gasteiger partial charge in [0.1, 0.15) is 35.2 Å². The molecule has 0 saturated carbocycles. The monoisotopic (exact) mass is 543 g/mol. The van der Waals surface area contributed by atoms with E-state index in [1.165, 1.54) is 35.6 Å². The number of benzene rings is 3. The summed E-state index contributed by atoms with van der Waals surface area (Å²) in [6, 6.07) is 18.7. The van der Waals surface area contributed by atoms with Crippen molar-refractivity contribution in [3.63, 3.8) is 0 Å². The number of fused-ring (bicyclic) bond motifs is 2. The number of aromatic nitrogens is 3. The van der Waals surface area contributed by atoms with Crippen molar-refractivity contribution in [1.29, 1.82) is 0 Å². The van der Waals surface area contributed by atoms with Crippen LogP contribution in [-0.2, 0) is 13.0 Å². The molecule has 0 atom stereocenters. The molecular weight excluding hydrogens is 521 g/mol. The molecule has 6 aromatic rings. The van der Waals surface area contributed by atoms with Crippen molar-refractivity contribution < 1.29 is 27.8 Å². The van der Waals surface area contributed by atoms with Crippen LogP contribution in [0.2, 0.25) is 0 Å². The number of nitrogens with zero attached hydrogens (tertiary/aromatic N) is 3. The highest BCUT2D eigenvalue weighted by atomic mass is 32.1. The van der Waals surface area contributed by atoms with Gasteiger partial charge in [0, 0.05) is 24.1 Å². The normalized spacial score (nSPS) is 11.3. The van der Waals surface area contributed by atoms with Crippen LogP contribution in [-0.4, -0.2) is 34.6 Å². The highest BCUT2D eigenvalue weighted by Gasteiger charge is 2.17. The minimum atomic E-state index is -0.371. The lowest BCUT2D eigenvalue weighted by atomic mass is 10.0. The van der Waals surface area contributed by atoms with Crippen LogP contribution in [0.4, 0.5) is 4.39 Å². The van der Waals surface area contributed by atoms with E-state index in [0.29, 0.717) is 44.3 Å². The Labute approximate surface area is 226 Å². The number of carbonyl (C=O) groups excluding carboxylic acids is 1. The fraction of sp³-hybridized carbons (Fsp3) is 0.138.